The van der Waals surface area contributed by atoms with Gasteiger partial charge in [0, 0.05) is 101 Å². The number of H-pyrrole nitrogens is 1. The Labute approximate surface area is 355 Å². The highest BCUT2D eigenvalue weighted by Gasteiger charge is 2.41. The first-order chi connectivity index (χ1) is 29.4. The molecule has 16 heteroatoms. The molecule has 5 aromatic rings. The average molecular weight is 831 g/mol. The van der Waals surface area contributed by atoms with Gasteiger partial charge in [0.25, 0.3) is 0 Å². The number of amides is 2. The highest BCUT2D eigenvalue weighted by molar-refractivity contribution is 6.00. The molecule has 1 aliphatic carbocycles. The Hall–Kier alpha value is -5.35. The lowest BCUT2D eigenvalue weighted by molar-refractivity contribution is -0.135. The molecule has 1 saturated carbocycles. The standard InChI is InChI=1S/C45H58N12O4/c1-44(2)27-53(25-29-9-15-54(16-10-29)31-5-6-35-37(21-31)52(4)43(60)57(35)36-7-8-39(58)49-42(36)59)19-20-56(44)26-30-11-17-55(18-12-30)38-23-33(47-28-48-38)41-32-22-40(61-45(3)13-14-45)46-24-34(32)50-51-41/h5-6,21-24,28-30,36H,7-20,25-27H2,1-4H3,(H,50,51)(H,49,58,59). The predicted molar refractivity (Wildman–Crippen MR) is 234 cm³/mol. The zero-order valence-corrected chi connectivity index (χ0v) is 35.9. The van der Waals surface area contributed by atoms with E-state index in [0.717, 1.165) is 142 Å². The zero-order valence-electron chi connectivity index (χ0n) is 35.9. The maximum absolute atomic E-state index is 13.3. The summed E-state index contributed by atoms with van der Waals surface area (Å²) < 4.78 is 9.32. The molecule has 10 rings (SSSR count). The largest absolute Gasteiger partial charge is 0.471 e. The van der Waals surface area contributed by atoms with Crippen molar-refractivity contribution in [1.82, 2.24) is 49.4 Å². The molecule has 1 aromatic carbocycles. The fraction of sp³-hybridized carbons (Fsp3) is 0.578. The quantitative estimate of drug-likeness (QED) is 0.190. The van der Waals surface area contributed by atoms with Gasteiger partial charge in [-0.25, -0.2) is 19.7 Å². The van der Waals surface area contributed by atoms with E-state index in [2.05, 4.69) is 84.1 Å². The Bertz CT molecular complexity index is 2520. The highest BCUT2D eigenvalue weighted by Crippen LogP contribution is 2.40. The van der Waals surface area contributed by atoms with Gasteiger partial charge in [0.2, 0.25) is 17.7 Å². The first-order valence-electron chi connectivity index (χ1n) is 22.3. The topological polar surface area (TPSA) is 163 Å². The number of ether oxygens (including phenoxy) is 1. The van der Waals surface area contributed by atoms with Crippen molar-refractivity contribution in [3.8, 4) is 17.3 Å². The number of nitrogens with one attached hydrogen (secondary N) is 2. The van der Waals surface area contributed by atoms with E-state index < -0.39 is 11.9 Å². The monoisotopic (exact) mass is 830 g/mol. The van der Waals surface area contributed by atoms with E-state index in [-0.39, 0.29) is 29.2 Å². The Balaban J connectivity index is 0.702. The Morgan fingerprint density at radius 2 is 1.57 bits per heavy atom. The maximum Gasteiger partial charge on any atom is 0.329 e. The van der Waals surface area contributed by atoms with Gasteiger partial charge in [-0.2, -0.15) is 5.10 Å². The third kappa shape index (κ3) is 7.88. The van der Waals surface area contributed by atoms with Crippen LogP contribution in [0.15, 0.2) is 47.7 Å². The summed E-state index contributed by atoms with van der Waals surface area (Å²) in [5.74, 6) is 2.19. The molecule has 2 amide bonds. The third-order valence-corrected chi connectivity index (χ3v) is 14.3. The third-order valence-electron chi connectivity index (χ3n) is 14.3. The summed E-state index contributed by atoms with van der Waals surface area (Å²) >= 11 is 0. The lowest BCUT2D eigenvalue weighted by Gasteiger charge is -2.50. The zero-order chi connectivity index (χ0) is 42.0. The van der Waals surface area contributed by atoms with Crippen LogP contribution in [0.1, 0.15) is 78.2 Å². The van der Waals surface area contributed by atoms with Gasteiger partial charge in [-0.1, -0.05) is 0 Å². The smallest absolute Gasteiger partial charge is 0.329 e. The Kier molecular flexibility index (Phi) is 10.1. The Morgan fingerprint density at radius 1 is 0.820 bits per heavy atom. The summed E-state index contributed by atoms with van der Waals surface area (Å²) in [5, 5.41) is 11.1. The number of fused-ring (bicyclic) bond motifs is 2. The molecule has 4 aliphatic heterocycles. The van der Waals surface area contributed by atoms with Crippen LogP contribution in [0.4, 0.5) is 11.5 Å². The summed E-state index contributed by atoms with van der Waals surface area (Å²) in [6, 6.07) is 9.49. The second-order valence-corrected chi connectivity index (χ2v) is 19.2. The van der Waals surface area contributed by atoms with Crippen molar-refractivity contribution < 1.29 is 14.3 Å². The van der Waals surface area contributed by atoms with Crippen LogP contribution < -0.4 is 25.5 Å². The fourth-order valence-corrected chi connectivity index (χ4v) is 10.3. The molecule has 61 heavy (non-hydrogen) atoms. The van der Waals surface area contributed by atoms with Gasteiger partial charge in [0.1, 0.15) is 29.5 Å². The average Bonchev–Trinajstić information content (AvgIpc) is 3.73. The molecule has 322 valence electrons. The van der Waals surface area contributed by atoms with Gasteiger partial charge in [-0.05, 0) is 95.8 Å². The number of piperazine rings is 1. The molecule has 16 nitrogen and oxygen atoms in total. The minimum Gasteiger partial charge on any atom is -0.471 e. The number of aromatic nitrogens is 7. The number of aromatic amines is 1. The first kappa shape index (κ1) is 39.8. The minimum absolute atomic E-state index is 0.103. The van der Waals surface area contributed by atoms with Gasteiger partial charge in [0.05, 0.1) is 28.4 Å². The number of nitrogens with zero attached hydrogens (tertiary/aromatic N) is 10. The molecule has 4 aromatic heterocycles. The van der Waals surface area contributed by atoms with Gasteiger partial charge in [0.15, 0.2) is 0 Å². The highest BCUT2D eigenvalue weighted by atomic mass is 16.5. The number of imidazole rings is 1. The van der Waals surface area contributed by atoms with Crippen molar-refractivity contribution in [3.05, 3.63) is 53.3 Å². The molecule has 1 unspecified atom stereocenters. The molecule has 8 heterocycles. The molecule has 4 saturated heterocycles. The normalized spacial score (nSPS) is 22.9. The number of hydrogen-bond donors (Lipinski definition) is 2. The first-order valence-corrected chi connectivity index (χ1v) is 22.3. The summed E-state index contributed by atoms with van der Waals surface area (Å²) in [5.41, 5.74) is 4.86. The molecule has 0 spiro atoms. The number of pyridine rings is 1. The molecule has 0 bridgehead atoms. The van der Waals surface area contributed by atoms with E-state index in [0.29, 0.717) is 24.1 Å². The van der Waals surface area contributed by atoms with Gasteiger partial charge < -0.3 is 14.5 Å². The summed E-state index contributed by atoms with van der Waals surface area (Å²) in [6.07, 6.45) is 10.7. The molecule has 2 N–H and O–H groups in total. The van der Waals surface area contributed by atoms with Crippen LogP contribution in [-0.4, -0.2) is 126 Å². The van der Waals surface area contributed by atoms with E-state index in [9.17, 15) is 14.4 Å². The van der Waals surface area contributed by atoms with Crippen molar-refractivity contribution in [1.29, 1.82) is 0 Å². The second-order valence-electron chi connectivity index (χ2n) is 19.2. The Morgan fingerprint density at radius 3 is 2.31 bits per heavy atom. The van der Waals surface area contributed by atoms with Crippen LogP contribution in [0.5, 0.6) is 5.88 Å². The van der Waals surface area contributed by atoms with Crippen LogP contribution in [0.2, 0.25) is 0 Å². The van der Waals surface area contributed by atoms with E-state index in [1.165, 1.54) is 0 Å². The van der Waals surface area contributed by atoms with Crippen LogP contribution in [0.25, 0.3) is 33.3 Å². The van der Waals surface area contributed by atoms with Gasteiger partial charge in [-0.15, -0.1) is 0 Å². The van der Waals surface area contributed by atoms with Gasteiger partial charge >= 0.3 is 5.69 Å². The van der Waals surface area contributed by atoms with E-state index in [4.69, 9.17) is 9.72 Å². The molecule has 5 aliphatic rings. The molecule has 5 fully saturated rings. The van der Waals surface area contributed by atoms with Crippen LogP contribution in [0.3, 0.4) is 0 Å². The number of anilines is 2. The number of benzene rings is 1. The molecular weight excluding hydrogens is 773 g/mol. The number of hydrogen-bond acceptors (Lipinski definition) is 12. The number of piperidine rings is 3. The predicted octanol–water partition coefficient (Wildman–Crippen LogP) is 4.51. The lowest BCUT2D eigenvalue weighted by Crippen LogP contribution is -2.61. The van der Waals surface area contributed by atoms with Crippen LogP contribution in [0, 0.1) is 11.8 Å². The summed E-state index contributed by atoms with van der Waals surface area (Å²) in [6.45, 7) is 16.4. The van der Waals surface area contributed by atoms with Gasteiger partial charge in [-0.3, -0.25) is 38.9 Å². The minimum atomic E-state index is -0.674. The lowest BCUT2D eigenvalue weighted by atomic mass is 9.90. The SMILES string of the molecule is Cn1c(=O)n(C2CCC(=O)NC2=O)c2ccc(N3CCC(CN4CCN(CC5CCN(c6cc(-c7n[nH]c8cnc(OC9(C)CC9)cc78)ncn6)CC5)C(C)(C)C4)CC3)cc21. The van der Waals surface area contributed by atoms with E-state index >= 15 is 0 Å². The van der Waals surface area contributed by atoms with Crippen LogP contribution in [-0.2, 0) is 16.6 Å². The van der Waals surface area contributed by atoms with Crippen molar-refractivity contribution in [2.24, 2.45) is 18.9 Å². The number of carbonyl (C=O) groups excluding carboxylic acids is 2. The maximum atomic E-state index is 13.3. The fourth-order valence-electron chi connectivity index (χ4n) is 10.3. The van der Waals surface area contributed by atoms with Crippen molar-refractivity contribution in [2.45, 2.75) is 89.3 Å². The number of rotatable bonds is 10. The van der Waals surface area contributed by atoms with Crippen molar-refractivity contribution >= 4 is 45.3 Å². The van der Waals surface area contributed by atoms with Crippen LogP contribution >= 0.6 is 0 Å². The number of aryl methyl sites for hydroxylation is 1. The van der Waals surface area contributed by atoms with Crippen molar-refractivity contribution in [2.75, 3.05) is 68.7 Å². The number of carbonyl (C=O) groups is 2. The molecule has 0 radical (unpaired) electrons. The van der Waals surface area contributed by atoms with Crippen molar-refractivity contribution in [3.63, 3.8) is 0 Å². The summed E-state index contributed by atoms with van der Waals surface area (Å²) in [7, 11) is 1.76. The summed E-state index contributed by atoms with van der Waals surface area (Å²) in [4.78, 5) is 61.8. The number of imide groups is 1. The molecular formula is C45H58N12O4. The van der Waals surface area contributed by atoms with E-state index in [1.807, 2.05) is 12.1 Å². The van der Waals surface area contributed by atoms with E-state index in [1.54, 1.807) is 28.7 Å². The second kappa shape index (κ2) is 15.5. The molecule has 1 atom stereocenters.